The third-order valence-electron chi connectivity index (χ3n) is 8.18. The van der Waals surface area contributed by atoms with Gasteiger partial charge in [0, 0.05) is 28.9 Å². The van der Waals surface area contributed by atoms with Crippen LogP contribution in [0.3, 0.4) is 0 Å². The summed E-state index contributed by atoms with van der Waals surface area (Å²) in [6.45, 7) is 0. The second kappa shape index (κ2) is 8.49. The van der Waals surface area contributed by atoms with Crippen LogP contribution in [0, 0.1) is 10.8 Å². The number of pyridine rings is 1. The zero-order valence-corrected chi connectivity index (χ0v) is 21.3. The molecule has 3 aromatic rings. The highest BCUT2D eigenvalue weighted by molar-refractivity contribution is 6.13. The third-order valence-corrected chi connectivity index (χ3v) is 8.18. The Hall–Kier alpha value is -4.02. The van der Waals surface area contributed by atoms with Crippen molar-refractivity contribution < 1.29 is 37.0 Å². The van der Waals surface area contributed by atoms with Crippen molar-refractivity contribution in [1.82, 2.24) is 10.3 Å². The van der Waals surface area contributed by atoms with Crippen molar-refractivity contribution in [3.63, 3.8) is 0 Å². The van der Waals surface area contributed by atoms with Crippen LogP contribution in [-0.4, -0.2) is 42.7 Å². The lowest BCUT2D eigenvalue weighted by atomic mass is 9.39. The van der Waals surface area contributed by atoms with Crippen molar-refractivity contribution in [2.45, 2.75) is 43.8 Å². The molecule has 0 atom stereocenters. The number of carbonyl (C=O) groups is 2. The molecule has 7 rings (SSSR count). The first-order chi connectivity index (χ1) is 18.5. The number of amides is 2. The maximum atomic E-state index is 13.1. The minimum absolute atomic E-state index is 0.110. The van der Waals surface area contributed by atoms with Crippen LogP contribution in [0.15, 0.2) is 48.7 Å². The fourth-order valence-electron chi connectivity index (χ4n) is 5.78. The summed E-state index contributed by atoms with van der Waals surface area (Å²) in [4.78, 5) is 30.2. The lowest BCUT2D eigenvalue weighted by molar-refractivity contribution is -0.337. The number of anilines is 1. The first-order valence-electron chi connectivity index (χ1n) is 12.5. The van der Waals surface area contributed by atoms with E-state index in [1.54, 1.807) is 62.9 Å². The molecule has 4 fully saturated rings. The van der Waals surface area contributed by atoms with E-state index in [0.717, 1.165) is 5.39 Å². The van der Waals surface area contributed by atoms with Gasteiger partial charge < -0.3 is 24.8 Å². The second-order valence-corrected chi connectivity index (χ2v) is 10.7. The summed E-state index contributed by atoms with van der Waals surface area (Å²) in [5, 5.41) is 6.24. The highest BCUT2D eigenvalue weighted by Crippen LogP contribution is 2.73. The average Bonchev–Trinajstić information content (AvgIpc) is 3.67. The summed E-state index contributed by atoms with van der Waals surface area (Å²) in [6, 6.07) is 11.9. The Balaban J connectivity index is 1.10. The number of halogens is 3. The van der Waals surface area contributed by atoms with Gasteiger partial charge in [0.25, 0.3) is 0 Å². The van der Waals surface area contributed by atoms with Crippen LogP contribution in [0.25, 0.3) is 10.9 Å². The maximum Gasteiger partial charge on any atom is 0.394 e. The molecule has 2 bridgehead atoms. The molecule has 0 saturated heterocycles. The molecule has 2 amide bonds. The summed E-state index contributed by atoms with van der Waals surface area (Å²) >= 11 is 0. The van der Waals surface area contributed by atoms with E-state index < -0.39 is 34.4 Å². The number of fused-ring (bicyclic) bond motifs is 1. The minimum atomic E-state index is -4.26. The number of hydrogen-bond acceptors (Lipinski definition) is 6. The van der Waals surface area contributed by atoms with Crippen molar-refractivity contribution in [3.8, 4) is 23.0 Å². The van der Waals surface area contributed by atoms with E-state index >= 15 is 0 Å². The number of rotatable bonds is 8. The fourth-order valence-corrected chi connectivity index (χ4v) is 5.78. The number of alkyl halides is 3. The Morgan fingerprint density at radius 3 is 2.13 bits per heavy atom. The Bertz CT molecular complexity index is 1460. The fraction of sp³-hybridized carbons (Fsp3) is 0.393. The molecule has 0 aliphatic heterocycles. The lowest BCUT2D eigenvalue weighted by Gasteiger charge is -2.70. The smallest absolute Gasteiger partial charge is 0.394 e. The largest absolute Gasteiger partial charge is 0.493 e. The first-order valence-corrected chi connectivity index (χ1v) is 12.5. The van der Waals surface area contributed by atoms with E-state index in [-0.39, 0.29) is 19.3 Å². The Kier molecular flexibility index (Phi) is 5.50. The van der Waals surface area contributed by atoms with Crippen LogP contribution in [0.5, 0.6) is 23.0 Å². The van der Waals surface area contributed by atoms with E-state index in [9.17, 15) is 22.8 Å². The molecule has 0 spiro atoms. The Labute approximate surface area is 221 Å². The normalized spacial score (nSPS) is 24.1. The van der Waals surface area contributed by atoms with Gasteiger partial charge in [0.2, 0.25) is 11.8 Å². The monoisotopic (exact) mass is 541 g/mol. The predicted molar refractivity (Wildman–Crippen MR) is 135 cm³/mol. The van der Waals surface area contributed by atoms with E-state index in [1.165, 1.54) is 0 Å². The van der Waals surface area contributed by atoms with E-state index in [2.05, 4.69) is 15.6 Å². The molecule has 4 aliphatic carbocycles. The quantitative estimate of drug-likeness (QED) is 0.373. The molecule has 2 aromatic carbocycles. The maximum absolute atomic E-state index is 13.1. The van der Waals surface area contributed by atoms with Crippen molar-refractivity contribution >= 4 is 28.4 Å². The van der Waals surface area contributed by atoms with Crippen molar-refractivity contribution in [1.29, 1.82) is 0 Å². The van der Waals surface area contributed by atoms with E-state index in [1.807, 2.05) is 0 Å². The molecule has 2 N–H and O–H groups in total. The molecular formula is C28H26F3N3O5. The number of aromatic nitrogens is 1. The Morgan fingerprint density at radius 1 is 0.897 bits per heavy atom. The number of benzene rings is 2. The van der Waals surface area contributed by atoms with Gasteiger partial charge in [-0.25, -0.2) is 0 Å². The number of nitrogens with one attached hydrogen (secondary N) is 2. The van der Waals surface area contributed by atoms with Gasteiger partial charge in [0.1, 0.15) is 16.9 Å². The van der Waals surface area contributed by atoms with Crippen molar-refractivity contribution in [3.05, 3.63) is 48.7 Å². The van der Waals surface area contributed by atoms with Gasteiger partial charge in [-0.1, -0.05) is 0 Å². The van der Waals surface area contributed by atoms with Gasteiger partial charge in [-0.15, -0.1) is 0 Å². The molecule has 1 aromatic heterocycles. The molecule has 39 heavy (non-hydrogen) atoms. The summed E-state index contributed by atoms with van der Waals surface area (Å²) in [5.41, 5.74) is -2.60. The summed E-state index contributed by atoms with van der Waals surface area (Å²) < 4.78 is 56.2. The molecule has 11 heteroatoms. The number of hydrogen-bond donors (Lipinski definition) is 2. The summed E-state index contributed by atoms with van der Waals surface area (Å²) in [5.74, 6) is 1.18. The standard InChI is InChI=1S/C28H26F3N3O5/c1-37-21-11-18-19(12-22(21)38-2)32-10-7-20(18)39-17-5-3-16(4-6-17)33-23(35)27(8-9-27)24(36)34-26-13-25(14-26,15-26)28(29,30)31/h3-7,10-12H,8-9,13-15H2,1-2H3,(H,33,35)(H,34,36). The second-order valence-electron chi connectivity index (χ2n) is 10.7. The molecule has 4 aliphatic rings. The van der Waals surface area contributed by atoms with Crippen LogP contribution in [0.1, 0.15) is 32.1 Å². The van der Waals surface area contributed by atoms with E-state index in [0.29, 0.717) is 47.0 Å². The van der Waals surface area contributed by atoms with Gasteiger partial charge in [-0.3, -0.25) is 14.6 Å². The SMILES string of the molecule is COc1cc2nccc(Oc3ccc(NC(=O)C4(C(=O)NC56CC(C(F)(F)F)(C5)C6)CC4)cc3)c2cc1OC. The van der Waals surface area contributed by atoms with Gasteiger partial charge in [-0.05, 0) is 68.5 Å². The number of ether oxygens (including phenoxy) is 3. The third kappa shape index (κ3) is 4.02. The molecule has 0 radical (unpaired) electrons. The molecular weight excluding hydrogens is 515 g/mol. The molecule has 0 unspecified atom stereocenters. The van der Waals surface area contributed by atoms with Gasteiger partial charge in [-0.2, -0.15) is 13.2 Å². The van der Waals surface area contributed by atoms with Crippen LogP contribution >= 0.6 is 0 Å². The highest BCUT2D eigenvalue weighted by atomic mass is 19.4. The van der Waals surface area contributed by atoms with Gasteiger partial charge >= 0.3 is 6.18 Å². The zero-order chi connectivity index (χ0) is 27.6. The number of carbonyl (C=O) groups excluding carboxylic acids is 2. The lowest BCUT2D eigenvalue weighted by Crippen LogP contribution is -2.79. The van der Waals surface area contributed by atoms with E-state index in [4.69, 9.17) is 14.2 Å². The summed E-state index contributed by atoms with van der Waals surface area (Å²) in [6.07, 6.45) is -2.25. The molecule has 8 nitrogen and oxygen atoms in total. The molecule has 4 saturated carbocycles. The summed E-state index contributed by atoms with van der Waals surface area (Å²) in [7, 11) is 3.09. The van der Waals surface area contributed by atoms with Crippen LogP contribution in [0.4, 0.5) is 18.9 Å². The minimum Gasteiger partial charge on any atom is -0.493 e. The topological polar surface area (TPSA) is 98.8 Å². The van der Waals surface area contributed by atoms with Gasteiger partial charge in [0.05, 0.1) is 25.2 Å². The first kappa shape index (κ1) is 25.3. The average molecular weight is 542 g/mol. The Morgan fingerprint density at radius 2 is 1.54 bits per heavy atom. The van der Waals surface area contributed by atoms with Gasteiger partial charge in [0.15, 0.2) is 11.5 Å². The zero-order valence-electron chi connectivity index (χ0n) is 21.3. The molecule has 1 heterocycles. The highest BCUT2D eigenvalue weighted by Gasteiger charge is 2.79. The van der Waals surface area contributed by atoms with Crippen molar-refractivity contribution in [2.75, 3.05) is 19.5 Å². The van der Waals surface area contributed by atoms with Crippen molar-refractivity contribution in [2.24, 2.45) is 10.8 Å². The van der Waals surface area contributed by atoms with Crippen LogP contribution < -0.4 is 24.8 Å². The van der Waals surface area contributed by atoms with Crippen LogP contribution in [0.2, 0.25) is 0 Å². The predicted octanol–water partition coefficient (Wildman–Crippen LogP) is 5.36. The number of methoxy groups -OCH3 is 2. The van der Waals surface area contributed by atoms with Crippen LogP contribution in [-0.2, 0) is 9.59 Å². The number of nitrogens with zero attached hydrogens (tertiary/aromatic N) is 1. The molecule has 204 valence electrons.